The van der Waals surface area contributed by atoms with Crippen molar-refractivity contribution in [2.45, 2.75) is 6.92 Å². The Morgan fingerprint density at radius 2 is 2.45 bits per heavy atom. The van der Waals surface area contributed by atoms with E-state index < -0.39 is 5.91 Å². The van der Waals surface area contributed by atoms with Crippen LogP contribution in [0.3, 0.4) is 0 Å². The molecule has 5 nitrogen and oxygen atoms in total. The topological polar surface area (TPSA) is 79.8 Å². The molecule has 0 heterocycles. The predicted molar refractivity (Wildman–Crippen MR) is 44.7 cm³/mol. The SMILES string of the molecule is CCNCN=CN=CC(N)=O. The van der Waals surface area contributed by atoms with Crippen LogP contribution in [-0.2, 0) is 4.79 Å². The zero-order valence-electron chi connectivity index (χ0n) is 6.45. The third kappa shape index (κ3) is 8.77. The molecule has 0 rings (SSSR count). The number of aliphatic imine (C=N–C) groups is 2. The van der Waals surface area contributed by atoms with Crippen LogP contribution in [0.15, 0.2) is 9.98 Å². The number of nitrogens with two attached hydrogens (primary N) is 1. The number of primary amides is 1. The molecule has 0 bridgehead atoms. The van der Waals surface area contributed by atoms with E-state index in [1.54, 1.807) is 0 Å². The average Bonchev–Trinajstić information content (AvgIpc) is 1.96. The van der Waals surface area contributed by atoms with Crippen molar-refractivity contribution in [2.24, 2.45) is 15.7 Å². The van der Waals surface area contributed by atoms with Gasteiger partial charge in [-0.25, -0.2) is 4.99 Å². The minimum absolute atomic E-state index is 0.507. The fourth-order valence-corrected chi connectivity index (χ4v) is 0.371. The molecule has 0 aromatic carbocycles. The van der Waals surface area contributed by atoms with Gasteiger partial charge in [0.25, 0.3) is 5.91 Å². The predicted octanol–water partition coefficient (Wildman–Crippen LogP) is -0.862. The first kappa shape index (κ1) is 9.77. The lowest BCUT2D eigenvalue weighted by molar-refractivity contribution is -0.111. The van der Waals surface area contributed by atoms with Crippen LogP contribution in [0.5, 0.6) is 0 Å². The summed E-state index contributed by atoms with van der Waals surface area (Å²) in [7, 11) is 0. The summed E-state index contributed by atoms with van der Waals surface area (Å²) >= 11 is 0. The number of nitrogens with one attached hydrogen (secondary N) is 1. The zero-order valence-corrected chi connectivity index (χ0v) is 6.45. The summed E-state index contributed by atoms with van der Waals surface area (Å²) in [5.74, 6) is -0.570. The first-order valence-corrected chi connectivity index (χ1v) is 3.29. The van der Waals surface area contributed by atoms with Crippen molar-refractivity contribution in [3.63, 3.8) is 0 Å². The molecule has 0 radical (unpaired) electrons. The summed E-state index contributed by atoms with van der Waals surface area (Å²) in [6.45, 7) is 3.34. The van der Waals surface area contributed by atoms with Crippen molar-refractivity contribution in [3.05, 3.63) is 0 Å². The van der Waals surface area contributed by atoms with Crippen LogP contribution in [0.25, 0.3) is 0 Å². The molecule has 0 atom stereocenters. The van der Waals surface area contributed by atoms with E-state index in [2.05, 4.69) is 15.3 Å². The molecular weight excluding hydrogens is 144 g/mol. The third-order valence-corrected chi connectivity index (χ3v) is 0.803. The second kappa shape index (κ2) is 6.88. The monoisotopic (exact) mass is 156 g/mol. The average molecular weight is 156 g/mol. The van der Waals surface area contributed by atoms with Gasteiger partial charge in [-0.15, -0.1) is 0 Å². The van der Waals surface area contributed by atoms with Crippen molar-refractivity contribution >= 4 is 18.5 Å². The summed E-state index contributed by atoms with van der Waals surface area (Å²) in [5, 5.41) is 2.95. The molecule has 0 aliphatic rings. The van der Waals surface area contributed by atoms with Gasteiger partial charge in [0.2, 0.25) is 0 Å². The van der Waals surface area contributed by atoms with Gasteiger partial charge in [-0.3, -0.25) is 15.1 Å². The number of nitrogens with zero attached hydrogens (tertiary/aromatic N) is 2. The number of hydrogen-bond acceptors (Lipinski definition) is 3. The van der Waals surface area contributed by atoms with Crippen LogP contribution in [0.4, 0.5) is 0 Å². The minimum Gasteiger partial charge on any atom is -0.365 e. The molecule has 11 heavy (non-hydrogen) atoms. The van der Waals surface area contributed by atoms with Gasteiger partial charge in [-0.05, 0) is 6.54 Å². The molecule has 0 fully saturated rings. The summed E-state index contributed by atoms with van der Waals surface area (Å²) < 4.78 is 0. The lowest BCUT2D eigenvalue weighted by atomic mass is 10.7. The van der Waals surface area contributed by atoms with Crippen LogP contribution in [-0.4, -0.2) is 31.7 Å². The maximum atomic E-state index is 10.1. The quantitative estimate of drug-likeness (QED) is 0.308. The highest BCUT2D eigenvalue weighted by Gasteiger charge is 1.78. The molecule has 0 spiro atoms. The largest absolute Gasteiger partial charge is 0.365 e. The van der Waals surface area contributed by atoms with E-state index in [0.717, 1.165) is 12.8 Å². The highest BCUT2D eigenvalue weighted by molar-refractivity contribution is 6.26. The molecule has 0 aromatic heterocycles. The Bertz CT molecular complexity index is 164. The molecule has 0 aliphatic heterocycles. The standard InChI is InChI=1S/C6H12N4O/c1-2-8-4-10-5-9-3-6(7)11/h3,5,8H,2,4H2,1H3,(H2,7,11). The number of carbonyl (C=O) groups is 1. The van der Waals surface area contributed by atoms with Crippen molar-refractivity contribution in [2.75, 3.05) is 13.2 Å². The number of amides is 1. The van der Waals surface area contributed by atoms with Crippen molar-refractivity contribution in [1.82, 2.24) is 5.32 Å². The Morgan fingerprint density at radius 3 is 3.00 bits per heavy atom. The van der Waals surface area contributed by atoms with Crippen LogP contribution >= 0.6 is 0 Å². The molecule has 1 amide bonds. The van der Waals surface area contributed by atoms with Crippen molar-refractivity contribution in [3.8, 4) is 0 Å². The second-order valence-corrected chi connectivity index (χ2v) is 1.74. The maximum absolute atomic E-state index is 10.1. The van der Waals surface area contributed by atoms with Crippen LogP contribution in [0, 0.1) is 0 Å². The summed E-state index contributed by atoms with van der Waals surface area (Å²) in [6, 6.07) is 0. The highest BCUT2D eigenvalue weighted by Crippen LogP contribution is 1.63. The second-order valence-electron chi connectivity index (χ2n) is 1.74. The lowest BCUT2D eigenvalue weighted by Crippen LogP contribution is -2.12. The Hall–Kier alpha value is -1.23. The van der Waals surface area contributed by atoms with Gasteiger partial charge in [0.15, 0.2) is 0 Å². The third-order valence-electron chi connectivity index (χ3n) is 0.803. The lowest BCUT2D eigenvalue weighted by Gasteiger charge is -1.90. The van der Waals surface area contributed by atoms with E-state index >= 15 is 0 Å². The van der Waals surface area contributed by atoms with Gasteiger partial charge >= 0.3 is 0 Å². The fourth-order valence-electron chi connectivity index (χ4n) is 0.371. The van der Waals surface area contributed by atoms with E-state index in [1.165, 1.54) is 6.34 Å². The maximum Gasteiger partial charge on any atom is 0.259 e. The van der Waals surface area contributed by atoms with Gasteiger partial charge in [0.1, 0.15) is 6.34 Å². The first-order valence-electron chi connectivity index (χ1n) is 3.29. The van der Waals surface area contributed by atoms with E-state index in [4.69, 9.17) is 5.73 Å². The molecule has 62 valence electrons. The Kier molecular flexibility index (Phi) is 6.11. The Balaban J connectivity index is 3.36. The normalized spacial score (nSPS) is 11.4. The van der Waals surface area contributed by atoms with Gasteiger partial charge in [0.05, 0.1) is 12.9 Å². The van der Waals surface area contributed by atoms with Gasteiger partial charge in [-0.1, -0.05) is 6.92 Å². The molecule has 0 unspecified atom stereocenters. The molecule has 5 heteroatoms. The molecule has 3 N–H and O–H groups in total. The Morgan fingerprint density at radius 1 is 1.73 bits per heavy atom. The molecule has 0 saturated heterocycles. The van der Waals surface area contributed by atoms with Crippen LogP contribution < -0.4 is 11.1 Å². The first-order chi connectivity index (χ1) is 5.27. The summed E-state index contributed by atoms with van der Waals surface area (Å²) in [4.78, 5) is 17.4. The van der Waals surface area contributed by atoms with Crippen molar-refractivity contribution in [1.29, 1.82) is 0 Å². The molecule has 0 aromatic rings. The fraction of sp³-hybridized carbons (Fsp3) is 0.500. The molecule has 0 saturated carbocycles. The number of rotatable bonds is 5. The molecule has 0 aliphatic carbocycles. The van der Waals surface area contributed by atoms with Crippen molar-refractivity contribution < 1.29 is 4.79 Å². The summed E-state index contributed by atoms with van der Waals surface area (Å²) in [6.07, 6.45) is 2.29. The van der Waals surface area contributed by atoms with E-state index in [1.807, 2.05) is 6.92 Å². The Labute approximate surface area is 65.4 Å². The summed E-state index contributed by atoms with van der Waals surface area (Å²) in [5.41, 5.74) is 4.77. The van der Waals surface area contributed by atoms with Gasteiger partial charge in [-0.2, -0.15) is 0 Å². The van der Waals surface area contributed by atoms with E-state index in [9.17, 15) is 4.79 Å². The minimum atomic E-state index is -0.570. The van der Waals surface area contributed by atoms with E-state index in [-0.39, 0.29) is 0 Å². The van der Waals surface area contributed by atoms with Crippen LogP contribution in [0.1, 0.15) is 6.92 Å². The van der Waals surface area contributed by atoms with Gasteiger partial charge in [0, 0.05) is 0 Å². The number of carbonyl (C=O) groups excluding carboxylic acids is 1. The zero-order chi connectivity index (χ0) is 8.53. The highest BCUT2D eigenvalue weighted by atomic mass is 16.1. The molecular formula is C6H12N4O. The van der Waals surface area contributed by atoms with E-state index in [0.29, 0.717) is 6.67 Å². The van der Waals surface area contributed by atoms with Crippen LogP contribution in [0.2, 0.25) is 0 Å². The smallest absolute Gasteiger partial charge is 0.259 e. The van der Waals surface area contributed by atoms with Gasteiger partial charge < -0.3 is 5.73 Å². The number of hydrogen-bond donors (Lipinski definition) is 2.